The van der Waals surface area contributed by atoms with Crippen LogP contribution in [0.4, 0.5) is 4.39 Å². The maximum Gasteiger partial charge on any atom is 0.146 e. The zero-order valence-corrected chi connectivity index (χ0v) is 16.0. The maximum absolute atomic E-state index is 13.1. The summed E-state index contributed by atoms with van der Waals surface area (Å²) in [5, 5.41) is 9.01. The van der Waals surface area contributed by atoms with Gasteiger partial charge < -0.3 is 9.30 Å². The molecule has 0 amide bonds. The third kappa shape index (κ3) is 4.54. The summed E-state index contributed by atoms with van der Waals surface area (Å²) in [5.74, 6) is 2.34. The minimum atomic E-state index is -0.179. The number of hydrogen-bond acceptors (Lipinski definition) is 5. The number of halogens is 1. The second-order valence-corrected chi connectivity index (χ2v) is 7.62. The maximum atomic E-state index is 13.1. The van der Waals surface area contributed by atoms with E-state index < -0.39 is 0 Å². The topological polar surface area (TPSA) is 46.4 Å². The van der Waals surface area contributed by atoms with Crippen LogP contribution in [-0.4, -0.2) is 64.0 Å². The number of aromatic nitrogens is 3. The number of morpholine rings is 1. The van der Waals surface area contributed by atoms with E-state index in [1.54, 1.807) is 0 Å². The van der Waals surface area contributed by atoms with Crippen LogP contribution in [0.2, 0.25) is 0 Å². The highest BCUT2D eigenvalue weighted by Gasteiger charge is 2.26. The van der Waals surface area contributed by atoms with Crippen LogP contribution >= 0.6 is 0 Å². The molecule has 0 aliphatic carbocycles. The highest BCUT2D eigenvalue weighted by Crippen LogP contribution is 2.27. The van der Waals surface area contributed by atoms with Crippen molar-refractivity contribution in [2.24, 2.45) is 7.05 Å². The van der Waals surface area contributed by atoms with Gasteiger partial charge in [-0.15, -0.1) is 10.2 Å². The molecule has 27 heavy (non-hydrogen) atoms. The highest BCUT2D eigenvalue weighted by molar-refractivity contribution is 5.16. The Morgan fingerprint density at radius 1 is 1.04 bits per heavy atom. The molecule has 0 unspecified atom stereocenters. The molecule has 2 fully saturated rings. The number of piperidine rings is 1. The van der Waals surface area contributed by atoms with Crippen molar-refractivity contribution in [2.75, 3.05) is 39.4 Å². The first-order valence-corrected chi connectivity index (χ1v) is 9.84. The minimum absolute atomic E-state index is 0.179. The lowest BCUT2D eigenvalue weighted by molar-refractivity contribution is 0.0326. The van der Waals surface area contributed by atoms with Gasteiger partial charge in [0.25, 0.3) is 0 Å². The van der Waals surface area contributed by atoms with Crippen molar-refractivity contribution in [3.63, 3.8) is 0 Å². The van der Waals surface area contributed by atoms with Gasteiger partial charge in [-0.2, -0.15) is 0 Å². The van der Waals surface area contributed by atoms with Crippen LogP contribution in [0.5, 0.6) is 0 Å². The molecule has 0 saturated carbocycles. The molecular formula is C20H28FN5O. The number of ether oxygens (including phenoxy) is 1. The first-order valence-electron chi connectivity index (χ1n) is 9.84. The van der Waals surface area contributed by atoms with Gasteiger partial charge in [0.1, 0.15) is 17.5 Å². The lowest BCUT2D eigenvalue weighted by Gasteiger charge is -2.32. The summed E-state index contributed by atoms with van der Waals surface area (Å²) in [6.45, 7) is 7.24. The average Bonchev–Trinajstić information content (AvgIpc) is 3.05. The third-order valence-corrected chi connectivity index (χ3v) is 5.66. The van der Waals surface area contributed by atoms with E-state index in [9.17, 15) is 4.39 Å². The Bertz CT molecular complexity index is 741. The summed E-state index contributed by atoms with van der Waals surface area (Å²) in [4.78, 5) is 4.82. The molecule has 2 aliphatic heterocycles. The minimum Gasteiger partial charge on any atom is -0.379 e. The number of benzene rings is 1. The fourth-order valence-corrected chi connectivity index (χ4v) is 4.09. The molecule has 1 atom stereocenters. The molecule has 146 valence electrons. The van der Waals surface area contributed by atoms with Gasteiger partial charge in [-0.3, -0.25) is 9.80 Å². The SMILES string of the molecule is Cn1c(CN2CCOCC2)nnc1[C@H]1CCCN(Cc2ccc(F)cc2)C1. The molecule has 1 aromatic heterocycles. The quantitative estimate of drug-likeness (QED) is 0.804. The zero-order valence-electron chi connectivity index (χ0n) is 16.0. The van der Waals surface area contributed by atoms with Crippen molar-refractivity contribution in [3.8, 4) is 0 Å². The Hall–Kier alpha value is -1.83. The van der Waals surface area contributed by atoms with E-state index in [2.05, 4.69) is 31.6 Å². The van der Waals surface area contributed by atoms with Crippen molar-refractivity contribution in [2.45, 2.75) is 31.8 Å². The van der Waals surface area contributed by atoms with Crippen LogP contribution in [0, 0.1) is 5.82 Å². The summed E-state index contributed by atoms with van der Waals surface area (Å²) in [6.07, 6.45) is 2.29. The van der Waals surface area contributed by atoms with Gasteiger partial charge in [0.15, 0.2) is 0 Å². The first kappa shape index (κ1) is 18.5. The molecule has 4 rings (SSSR count). The number of hydrogen-bond donors (Lipinski definition) is 0. The van der Waals surface area contributed by atoms with Crippen molar-refractivity contribution in [3.05, 3.63) is 47.3 Å². The summed E-state index contributed by atoms with van der Waals surface area (Å²) in [6, 6.07) is 6.83. The Labute approximate surface area is 159 Å². The van der Waals surface area contributed by atoms with Crippen LogP contribution < -0.4 is 0 Å². The van der Waals surface area contributed by atoms with E-state index >= 15 is 0 Å². The van der Waals surface area contributed by atoms with Gasteiger partial charge in [0, 0.05) is 39.1 Å². The zero-order chi connectivity index (χ0) is 18.6. The largest absolute Gasteiger partial charge is 0.379 e. The second kappa shape index (κ2) is 8.46. The fourth-order valence-electron chi connectivity index (χ4n) is 4.09. The van der Waals surface area contributed by atoms with Crippen molar-refractivity contribution in [1.29, 1.82) is 0 Å². The number of nitrogens with zero attached hydrogens (tertiary/aromatic N) is 5. The van der Waals surface area contributed by atoms with E-state index in [1.807, 2.05) is 12.1 Å². The van der Waals surface area contributed by atoms with Crippen LogP contribution in [-0.2, 0) is 24.9 Å². The predicted octanol–water partition coefficient (Wildman–Crippen LogP) is 2.17. The fraction of sp³-hybridized carbons (Fsp3) is 0.600. The predicted molar refractivity (Wildman–Crippen MR) is 101 cm³/mol. The van der Waals surface area contributed by atoms with Crippen LogP contribution in [0.1, 0.15) is 36.0 Å². The van der Waals surface area contributed by atoms with E-state index in [1.165, 1.54) is 12.1 Å². The molecule has 0 spiro atoms. The lowest BCUT2D eigenvalue weighted by atomic mass is 9.96. The molecule has 6 nitrogen and oxygen atoms in total. The van der Waals surface area contributed by atoms with Crippen LogP contribution in [0.15, 0.2) is 24.3 Å². The van der Waals surface area contributed by atoms with Crippen LogP contribution in [0.3, 0.4) is 0 Å². The summed E-state index contributed by atoms with van der Waals surface area (Å²) >= 11 is 0. The second-order valence-electron chi connectivity index (χ2n) is 7.62. The van der Waals surface area contributed by atoms with Gasteiger partial charge in [-0.05, 0) is 37.1 Å². The van der Waals surface area contributed by atoms with E-state index in [0.29, 0.717) is 5.92 Å². The number of likely N-dealkylation sites (tertiary alicyclic amines) is 1. The van der Waals surface area contributed by atoms with Gasteiger partial charge in [0.05, 0.1) is 19.8 Å². The molecule has 2 aromatic rings. The van der Waals surface area contributed by atoms with Gasteiger partial charge in [-0.25, -0.2) is 4.39 Å². The highest BCUT2D eigenvalue weighted by atomic mass is 19.1. The standard InChI is InChI=1S/C20H28FN5O/c1-24-19(15-25-9-11-27-12-10-25)22-23-20(24)17-3-2-8-26(14-17)13-16-4-6-18(21)7-5-16/h4-7,17H,2-3,8-15H2,1H3/t17-/m0/s1. The summed E-state index contributed by atoms with van der Waals surface area (Å²) in [5.41, 5.74) is 1.16. The van der Waals surface area contributed by atoms with Crippen LogP contribution in [0.25, 0.3) is 0 Å². The Morgan fingerprint density at radius 3 is 2.59 bits per heavy atom. The van der Waals surface area contributed by atoms with Gasteiger partial charge in [0.2, 0.25) is 0 Å². The van der Waals surface area contributed by atoms with Gasteiger partial charge >= 0.3 is 0 Å². The van der Waals surface area contributed by atoms with Crippen molar-refractivity contribution < 1.29 is 9.13 Å². The van der Waals surface area contributed by atoms with E-state index in [-0.39, 0.29) is 5.82 Å². The average molecular weight is 373 g/mol. The van der Waals surface area contributed by atoms with E-state index in [0.717, 1.165) is 82.5 Å². The molecule has 0 N–H and O–H groups in total. The first-order chi connectivity index (χ1) is 13.2. The molecule has 2 saturated heterocycles. The molecule has 1 aromatic carbocycles. The molecule has 0 bridgehead atoms. The lowest BCUT2D eigenvalue weighted by Crippen LogP contribution is -2.36. The molecule has 3 heterocycles. The Morgan fingerprint density at radius 2 is 1.81 bits per heavy atom. The molecule has 0 radical (unpaired) electrons. The normalized spacial score (nSPS) is 22.2. The summed E-state index contributed by atoms with van der Waals surface area (Å²) in [7, 11) is 2.09. The molecule has 2 aliphatic rings. The van der Waals surface area contributed by atoms with Crippen molar-refractivity contribution >= 4 is 0 Å². The third-order valence-electron chi connectivity index (χ3n) is 5.66. The Kier molecular flexibility index (Phi) is 5.80. The molecular weight excluding hydrogens is 345 g/mol. The van der Waals surface area contributed by atoms with Gasteiger partial charge in [-0.1, -0.05) is 12.1 Å². The van der Waals surface area contributed by atoms with Crippen molar-refractivity contribution in [1.82, 2.24) is 24.6 Å². The monoisotopic (exact) mass is 373 g/mol. The molecule has 7 heteroatoms. The smallest absolute Gasteiger partial charge is 0.146 e. The summed E-state index contributed by atoms with van der Waals surface area (Å²) < 4.78 is 20.7. The van der Waals surface area contributed by atoms with E-state index in [4.69, 9.17) is 4.74 Å². The Balaban J connectivity index is 1.39. The number of rotatable bonds is 5.